The average Bonchev–Trinajstić information content (AvgIpc) is 3.32. The Morgan fingerprint density at radius 2 is 1.75 bits per heavy atom. The highest BCUT2D eigenvalue weighted by Crippen LogP contribution is 2.25. The van der Waals surface area contributed by atoms with Crippen LogP contribution in [0.4, 0.5) is 5.69 Å². The molecule has 0 fully saturated rings. The molecule has 0 spiro atoms. The van der Waals surface area contributed by atoms with Gasteiger partial charge < -0.3 is 4.74 Å². The van der Waals surface area contributed by atoms with E-state index in [9.17, 15) is 0 Å². The predicted octanol–water partition coefficient (Wildman–Crippen LogP) is 4.70. The fraction of sp³-hybridized carbons (Fsp3) is 0.100. The molecule has 3 aromatic rings. The zero-order valence-electron chi connectivity index (χ0n) is 13.3. The highest BCUT2D eigenvalue weighted by molar-refractivity contribution is 7.12. The van der Waals surface area contributed by atoms with Crippen molar-refractivity contribution >= 4 is 28.4 Å². The quantitative estimate of drug-likeness (QED) is 0.635. The van der Waals surface area contributed by atoms with E-state index in [0.717, 1.165) is 29.1 Å². The Labute approximate surface area is 145 Å². The van der Waals surface area contributed by atoms with Crippen LogP contribution in [0.2, 0.25) is 0 Å². The number of hydrogen-bond donors (Lipinski definition) is 0. The maximum Gasteiger partial charge on any atom is 0.238 e. The predicted molar refractivity (Wildman–Crippen MR) is 98.9 cm³/mol. The number of ether oxygens (including phenoxy) is 1. The largest absolute Gasteiger partial charge is 0.497 e. The molecule has 0 saturated heterocycles. The third kappa shape index (κ3) is 2.76. The summed E-state index contributed by atoms with van der Waals surface area (Å²) < 4.78 is 7.31. The van der Waals surface area contributed by atoms with Crippen LogP contribution in [0.5, 0.6) is 5.75 Å². The Hall–Kier alpha value is -2.72. The number of rotatable bonds is 4. The zero-order valence-corrected chi connectivity index (χ0v) is 14.2. The molecule has 2 heterocycles. The summed E-state index contributed by atoms with van der Waals surface area (Å²) in [5, 5.41) is 7.01. The topological polar surface area (TPSA) is 24.6 Å². The van der Waals surface area contributed by atoms with Gasteiger partial charge in [-0.15, -0.1) is 11.3 Å². The summed E-state index contributed by atoms with van der Waals surface area (Å²) >= 11 is 1.75. The lowest BCUT2D eigenvalue weighted by Gasteiger charge is -2.00. The molecule has 4 rings (SSSR count). The van der Waals surface area contributed by atoms with E-state index in [1.54, 1.807) is 18.4 Å². The van der Waals surface area contributed by atoms with Crippen molar-refractivity contribution in [1.82, 2.24) is 0 Å². The van der Waals surface area contributed by atoms with Gasteiger partial charge in [-0.2, -0.15) is 0 Å². The zero-order chi connectivity index (χ0) is 16.4. The van der Waals surface area contributed by atoms with Gasteiger partial charge in [-0.1, -0.05) is 24.3 Å². The Morgan fingerprint density at radius 3 is 2.42 bits per heavy atom. The molecule has 0 unspecified atom stereocenters. The Kier molecular flexibility index (Phi) is 3.97. The van der Waals surface area contributed by atoms with Crippen molar-refractivity contribution in [3.63, 3.8) is 0 Å². The molecule has 0 amide bonds. The third-order valence-electron chi connectivity index (χ3n) is 4.04. The van der Waals surface area contributed by atoms with Crippen LogP contribution in [-0.4, -0.2) is 23.2 Å². The Morgan fingerprint density at radius 1 is 0.958 bits per heavy atom. The fourth-order valence-electron chi connectivity index (χ4n) is 2.81. The highest BCUT2D eigenvalue weighted by Gasteiger charge is 2.31. The number of para-hydroxylation sites is 1. The van der Waals surface area contributed by atoms with Crippen molar-refractivity contribution in [3.8, 4) is 5.75 Å². The molecule has 0 radical (unpaired) electrons. The molecule has 0 bridgehead atoms. The van der Waals surface area contributed by atoms with Crippen LogP contribution < -0.4 is 4.74 Å². The van der Waals surface area contributed by atoms with Crippen molar-refractivity contribution in [2.75, 3.05) is 7.11 Å². The van der Waals surface area contributed by atoms with Crippen LogP contribution >= 0.6 is 11.3 Å². The van der Waals surface area contributed by atoms with Gasteiger partial charge in [-0.05, 0) is 40.4 Å². The van der Waals surface area contributed by atoms with E-state index in [0.29, 0.717) is 0 Å². The van der Waals surface area contributed by atoms with Crippen molar-refractivity contribution in [3.05, 3.63) is 82.6 Å². The van der Waals surface area contributed by atoms with E-state index in [1.807, 2.05) is 30.3 Å². The molecule has 3 nitrogen and oxygen atoms in total. The molecule has 24 heavy (non-hydrogen) atoms. The summed E-state index contributed by atoms with van der Waals surface area (Å²) in [6, 6.07) is 22.6. The van der Waals surface area contributed by atoms with E-state index in [1.165, 1.54) is 10.6 Å². The van der Waals surface area contributed by atoms with Gasteiger partial charge in [0.15, 0.2) is 0 Å². The van der Waals surface area contributed by atoms with Gasteiger partial charge in [0, 0.05) is 22.8 Å². The number of nitrogens with zero attached hydrogens (tertiary/aromatic N) is 2. The maximum absolute atomic E-state index is 5.25. The molecular weight excluding hydrogens is 316 g/mol. The lowest BCUT2D eigenvalue weighted by atomic mass is 10.0. The first-order chi connectivity index (χ1) is 11.8. The smallest absolute Gasteiger partial charge is 0.238 e. The number of methoxy groups -OCH3 is 1. The van der Waals surface area contributed by atoms with Crippen LogP contribution in [0.1, 0.15) is 16.9 Å². The number of thiophene rings is 1. The van der Waals surface area contributed by atoms with Crippen molar-refractivity contribution in [1.29, 1.82) is 0 Å². The molecule has 2 aromatic carbocycles. The standard InChI is InChI=1S/C20H17N2OS/c1-23-17-11-9-15(10-12-17)18-14-19(20-8-5-13-24-20)22(21-18)16-6-3-2-4-7-16/h2-13H,14H2,1H3/q+1. The minimum absolute atomic E-state index is 0.821. The van der Waals surface area contributed by atoms with E-state index in [4.69, 9.17) is 9.84 Å². The summed E-state index contributed by atoms with van der Waals surface area (Å²) in [6.07, 6.45) is 0.821. The van der Waals surface area contributed by atoms with Crippen LogP contribution in [0, 0.1) is 0 Å². The average molecular weight is 333 g/mol. The number of benzene rings is 2. The molecule has 0 atom stereocenters. The molecule has 1 aromatic heterocycles. The first-order valence-electron chi connectivity index (χ1n) is 7.82. The summed E-state index contributed by atoms with van der Waals surface area (Å²) in [4.78, 5) is 1.26. The fourth-order valence-corrected chi connectivity index (χ4v) is 3.57. The van der Waals surface area contributed by atoms with E-state index >= 15 is 0 Å². The SMILES string of the molecule is COc1ccc(C2=N[N+](c3ccccc3)=C(c3cccs3)C2)cc1. The van der Waals surface area contributed by atoms with Gasteiger partial charge in [0.1, 0.15) is 11.5 Å². The van der Waals surface area contributed by atoms with Crippen molar-refractivity contribution in [2.24, 2.45) is 5.10 Å². The summed E-state index contributed by atoms with van der Waals surface area (Å²) in [6.45, 7) is 0. The molecular formula is C20H17N2OS+. The van der Waals surface area contributed by atoms with Crippen LogP contribution in [-0.2, 0) is 0 Å². The first-order valence-corrected chi connectivity index (χ1v) is 8.70. The first kappa shape index (κ1) is 14.8. The van der Waals surface area contributed by atoms with Crippen LogP contribution in [0.15, 0.2) is 77.2 Å². The summed E-state index contributed by atoms with van der Waals surface area (Å²) in [5.41, 5.74) is 4.51. The number of hydrogen-bond acceptors (Lipinski definition) is 3. The monoisotopic (exact) mass is 333 g/mol. The molecule has 4 heteroatoms. The Balaban J connectivity index is 1.75. The number of hydrazone groups is 1. The van der Waals surface area contributed by atoms with Gasteiger partial charge in [0.25, 0.3) is 0 Å². The summed E-state index contributed by atoms with van der Waals surface area (Å²) in [7, 11) is 1.68. The van der Waals surface area contributed by atoms with Gasteiger partial charge in [0.2, 0.25) is 11.4 Å². The highest BCUT2D eigenvalue weighted by atomic mass is 32.1. The molecule has 118 valence electrons. The van der Waals surface area contributed by atoms with Crippen molar-refractivity contribution in [2.45, 2.75) is 6.42 Å². The second kappa shape index (κ2) is 6.42. The second-order valence-corrected chi connectivity index (χ2v) is 6.47. The maximum atomic E-state index is 5.25. The van der Waals surface area contributed by atoms with Gasteiger partial charge in [0.05, 0.1) is 18.4 Å². The van der Waals surface area contributed by atoms with Crippen LogP contribution in [0.3, 0.4) is 0 Å². The van der Waals surface area contributed by atoms with E-state index < -0.39 is 0 Å². The molecule has 1 aliphatic rings. The molecule has 0 saturated carbocycles. The molecule has 0 N–H and O–H groups in total. The normalized spacial score (nSPS) is 14.0. The van der Waals surface area contributed by atoms with Gasteiger partial charge >= 0.3 is 0 Å². The lowest BCUT2D eigenvalue weighted by molar-refractivity contribution is -0.441. The van der Waals surface area contributed by atoms with E-state index in [-0.39, 0.29) is 0 Å². The molecule has 1 aliphatic heterocycles. The van der Waals surface area contributed by atoms with E-state index in [2.05, 4.69) is 46.5 Å². The minimum atomic E-state index is 0.821. The second-order valence-electron chi connectivity index (χ2n) is 5.52. The molecule has 0 aliphatic carbocycles. The van der Waals surface area contributed by atoms with Gasteiger partial charge in [-0.3, -0.25) is 0 Å². The van der Waals surface area contributed by atoms with Crippen molar-refractivity contribution < 1.29 is 9.42 Å². The van der Waals surface area contributed by atoms with Gasteiger partial charge in [-0.25, -0.2) is 0 Å². The Bertz CT molecular complexity index is 895. The van der Waals surface area contributed by atoms with Crippen LogP contribution in [0.25, 0.3) is 0 Å². The lowest BCUT2D eigenvalue weighted by Crippen LogP contribution is -2.08. The minimum Gasteiger partial charge on any atom is -0.497 e. The third-order valence-corrected chi connectivity index (χ3v) is 4.96. The summed E-state index contributed by atoms with van der Waals surface area (Å²) in [5.74, 6) is 0.861.